The van der Waals surface area contributed by atoms with E-state index in [1.54, 1.807) is 18.2 Å². The highest BCUT2D eigenvalue weighted by molar-refractivity contribution is 6.20. The Morgan fingerprint density at radius 1 is 0.739 bits per heavy atom. The molecule has 0 heterocycles. The van der Waals surface area contributed by atoms with Gasteiger partial charge in [0.15, 0.2) is 0 Å². The van der Waals surface area contributed by atoms with Gasteiger partial charge in [0, 0.05) is 5.39 Å². The Labute approximate surface area is 134 Å². The molecule has 0 saturated carbocycles. The second kappa shape index (κ2) is 4.88. The molecule has 0 fully saturated rings. The number of fused-ring (bicyclic) bond motifs is 5. The van der Waals surface area contributed by atoms with E-state index in [2.05, 4.69) is 32.0 Å². The summed E-state index contributed by atoms with van der Waals surface area (Å²) in [6.45, 7) is 4.36. The molecule has 2 nitrogen and oxygen atoms in total. The van der Waals surface area contributed by atoms with Crippen molar-refractivity contribution in [3.8, 4) is 11.5 Å². The van der Waals surface area contributed by atoms with Crippen molar-refractivity contribution in [3.63, 3.8) is 0 Å². The molecule has 0 aromatic heterocycles. The van der Waals surface area contributed by atoms with E-state index in [1.165, 1.54) is 10.9 Å². The topological polar surface area (TPSA) is 40.5 Å². The number of hydrogen-bond acceptors (Lipinski definition) is 2. The smallest absolute Gasteiger partial charge is 0.124 e. The lowest BCUT2D eigenvalue weighted by molar-refractivity contribution is 0.475. The van der Waals surface area contributed by atoms with Gasteiger partial charge in [-0.3, -0.25) is 0 Å². The molecule has 0 aliphatic carbocycles. The van der Waals surface area contributed by atoms with Gasteiger partial charge in [-0.05, 0) is 56.6 Å². The molecular formula is C21H18O2. The average molecular weight is 302 g/mol. The number of benzene rings is 4. The second-order valence-electron chi connectivity index (χ2n) is 6.39. The average Bonchev–Trinajstić information content (AvgIpc) is 2.54. The number of phenols is 2. The fourth-order valence-electron chi connectivity index (χ4n) is 3.51. The Morgan fingerprint density at radius 3 is 2.26 bits per heavy atom. The Hall–Kier alpha value is -2.74. The van der Waals surface area contributed by atoms with Gasteiger partial charge in [-0.1, -0.05) is 50.2 Å². The van der Waals surface area contributed by atoms with Crippen LogP contribution >= 0.6 is 0 Å². The van der Waals surface area contributed by atoms with Crippen LogP contribution in [0.15, 0.2) is 54.6 Å². The molecule has 0 radical (unpaired) electrons. The Balaban J connectivity index is 2.25. The van der Waals surface area contributed by atoms with Gasteiger partial charge in [0.1, 0.15) is 11.5 Å². The van der Waals surface area contributed by atoms with Crippen LogP contribution in [0.1, 0.15) is 25.3 Å². The van der Waals surface area contributed by atoms with Crippen molar-refractivity contribution in [1.29, 1.82) is 0 Å². The number of hydrogen-bond donors (Lipinski definition) is 2. The molecule has 0 aliphatic heterocycles. The summed E-state index contributed by atoms with van der Waals surface area (Å²) < 4.78 is 0. The molecule has 0 saturated heterocycles. The molecule has 4 rings (SSSR count). The molecule has 4 aromatic rings. The first-order chi connectivity index (χ1) is 11.1. The number of rotatable bonds is 1. The van der Waals surface area contributed by atoms with Crippen molar-refractivity contribution >= 4 is 32.3 Å². The van der Waals surface area contributed by atoms with E-state index in [0.717, 1.165) is 26.9 Å². The maximum absolute atomic E-state index is 10.6. The molecule has 0 spiro atoms. The molecule has 0 aliphatic rings. The van der Waals surface area contributed by atoms with Crippen LogP contribution in [-0.2, 0) is 0 Å². The molecule has 0 unspecified atom stereocenters. The summed E-state index contributed by atoms with van der Waals surface area (Å²) in [7, 11) is 0. The van der Waals surface area contributed by atoms with Gasteiger partial charge in [0.2, 0.25) is 0 Å². The summed E-state index contributed by atoms with van der Waals surface area (Å²) >= 11 is 0. The van der Waals surface area contributed by atoms with Gasteiger partial charge < -0.3 is 10.2 Å². The van der Waals surface area contributed by atoms with Crippen LogP contribution in [0.3, 0.4) is 0 Å². The van der Waals surface area contributed by atoms with Crippen LogP contribution in [-0.4, -0.2) is 10.2 Å². The third kappa shape index (κ3) is 2.02. The fraction of sp³-hybridized carbons (Fsp3) is 0.143. The summed E-state index contributed by atoms with van der Waals surface area (Å²) in [5.41, 5.74) is 1.28. The van der Waals surface area contributed by atoms with Crippen molar-refractivity contribution in [2.45, 2.75) is 19.8 Å². The minimum Gasteiger partial charge on any atom is -0.508 e. The van der Waals surface area contributed by atoms with Crippen molar-refractivity contribution in [3.05, 3.63) is 60.2 Å². The van der Waals surface area contributed by atoms with E-state index in [-0.39, 0.29) is 11.5 Å². The van der Waals surface area contributed by atoms with Crippen LogP contribution in [0.2, 0.25) is 0 Å². The Morgan fingerprint density at radius 2 is 1.48 bits per heavy atom. The maximum Gasteiger partial charge on any atom is 0.124 e. The third-order valence-electron chi connectivity index (χ3n) is 4.59. The number of aromatic hydroxyl groups is 2. The molecule has 0 amide bonds. The minimum absolute atomic E-state index is 0.237. The van der Waals surface area contributed by atoms with E-state index in [4.69, 9.17) is 0 Å². The van der Waals surface area contributed by atoms with Gasteiger partial charge in [-0.15, -0.1) is 0 Å². The van der Waals surface area contributed by atoms with Gasteiger partial charge >= 0.3 is 0 Å². The first-order valence-electron chi connectivity index (χ1n) is 7.86. The van der Waals surface area contributed by atoms with Crippen LogP contribution in [0, 0.1) is 0 Å². The van der Waals surface area contributed by atoms with Crippen molar-refractivity contribution in [2.24, 2.45) is 0 Å². The molecular weight excluding hydrogens is 284 g/mol. The SMILES string of the molecule is CC(C)c1cccc2c1ccc1c3cc(O)ccc3cc(O)c21. The predicted octanol–water partition coefficient (Wildman–Crippen LogP) is 5.68. The summed E-state index contributed by atoms with van der Waals surface area (Å²) in [5.74, 6) is 0.938. The predicted molar refractivity (Wildman–Crippen MR) is 96.4 cm³/mol. The second-order valence-corrected chi connectivity index (χ2v) is 6.39. The molecule has 23 heavy (non-hydrogen) atoms. The van der Waals surface area contributed by atoms with E-state index >= 15 is 0 Å². The fourth-order valence-corrected chi connectivity index (χ4v) is 3.51. The molecule has 114 valence electrons. The lowest BCUT2D eigenvalue weighted by Gasteiger charge is -2.14. The summed E-state index contributed by atoms with van der Waals surface area (Å²) in [5, 5.41) is 26.3. The van der Waals surface area contributed by atoms with E-state index < -0.39 is 0 Å². The molecule has 2 heteroatoms. The highest BCUT2D eigenvalue weighted by Gasteiger charge is 2.12. The normalized spacial score (nSPS) is 11.8. The highest BCUT2D eigenvalue weighted by Crippen LogP contribution is 2.40. The standard InChI is InChI=1S/C21H18O2/c1-12(2)15-4-3-5-17-16(15)8-9-18-19-11-14(22)7-6-13(19)10-20(23)21(17)18/h3-12,22-23H,1-2H3. The molecule has 0 bridgehead atoms. The van der Waals surface area contributed by atoms with Gasteiger partial charge in [-0.2, -0.15) is 0 Å². The summed E-state index contributed by atoms with van der Waals surface area (Å²) in [6, 6.07) is 17.4. The lowest BCUT2D eigenvalue weighted by atomic mass is 9.91. The molecule has 0 atom stereocenters. The van der Waals surface area contributed by atoms with Gasteiger partial charge in [-0.25, -0.2) is 0 Å². The van der Waals surface area contributed by atoms with Gasteiger partial charge in [0.25, 0.3) is 0 Å². The minimum atomic E-state index is 0.237. The number of phenolic OH excluding ortho intramolecular Hbond substituents is 2. The van der Waals surface area contributed by atoms with Crippen LogP contribution in [0.4, 0.5) is 0 Å². The monoisotopic (exact) mass is 302 g/mol. The lowest BCUT2D eigenvalue weighted by Crippen LogP contribution is -1.90. The first kappa shape index (κ1) is 13.9. The highest BCUT2D eigenvalue weighted by atomic mass is 16.3. The van der Waals surface area contributed by atoms with Crippen LogP contribution in [0.5, 0.6) is 11.5 Å². The Bertz CT molecular complexity index is 1060. The van der Waals surface area contributed by atoms with E-state index in [1.807, 2.05) is 18.2 Å². The maximum atomic E-state index is 10.6. The largest absolute Gasteiger partial charge is 0.508 e. The first-order valence-corrected chi connectivity index (χ1v) is 7.86. The van der Waals surface area contributed by atoms with Crippen molar-refractivity contribution in [1.82, 2.24) is 0 Å². The zero-order chi connectivity index (χ0) is 16.1. The summed E-state index contributed by atoms with van der Waals surface area (Å²) in [6.07, 6.45) is 0. The van der Waals surface area contributed by atoms with Gasteiger partial charge in [0.05, 0.1) is 0 Å². The molecule has 4 aromatic carbocycles. The third-order valence-corrected chi connectivity index (χ3v) is 4.59. The van der Waals surface area contributed by atoms with Crippen LogP contribution < -0.4 is 0 Å². The Kier molecular flexibility index (Phi) is 2.95. The molecule has 2 N–H and O–H groups in total. The van der Waals surface area contributed by atoms with E-state index in [9.17, 15) is 10.2 Å². The van der Waals surface area contributed by atoms with E-state index in [0.29, 0.717) is 5.92 Å². The zero-order valence-corrected chi connectivity index (χ0v) is 13.2. The zero-order valence-electron chi connectivity index (χ0n) is 13.2. The van der Waals surface area contributed by atoms with Crippen molar-refractivity contribution < 1.29 is 10.2 Å². The van der Waals surface area contributed by atoms with Crippen molar-refractivity contribution in [2.75, 3.05) is 0 Å². The summed E-state index contributed by atoms with van der Waals surface area (Å²) in [4.78, 5) is 0. The van der Waals surface area contributed by atoms with Crippen LogP contribution in [0.25, 0.3) is 32.3 Å². The quantitative estimate of drug-likeness (QED) is 0.444.